The van der Waals surface area contributed by atoms with Gasteiger partial charge in [0, 0.05) is 50.0 Å². The number of hydrogen-bond acceptors (Lipinski definition) is 5. The Labute approximate surface area is 165 Å². The van der Waals surface area contributed by atoms with E-state index in [0.29, 0.717) is 17.8 Å². The van der Waals surface area contributed by atoms with Gasteiger partial charge in [0.05, 0.1) is 11.5 Å². The normalized spacial score (nSPS) is 15.4. The average Bonchev–Trinajstić information content (AvgIpc) is 2.65. The highest BCUT2D eigenvalue weighted by atomic mass is 16.6. The molecule has 0 spiro atoms. The van der Waals surface area contributed by atoms with Crippen molar-refractivity contribution in [3.8, 4) is 0 Å². The molecular formula is C21H26N4O3. The van der Waals surface area contributed by atoms with Crippen molar-refractivity contribution >= 4 is 17.3 Å². The third kappa shape index (κ3) is 5.37. The van der Waals surface area contributed by atoms with Gasteiger partial charge in [-0.15, -0.1) is 0 Å². The molecule has 28 heavy (non-hydrogen) atoms. The van der Waals surface area contributed by atoms with Crippen LogP contribution in [0.5, 0.6) is 0 Å². The Morgan fingerprint density at radius 3 is 2.46 bits per heavy atom. The van der Waals surface area contributed by atoms with Crippen LogP contribution in [0.15, 0.2) is 42.5 Å². The molecule has 0 aromatic heterocycles. The summed E-state index contributed by atoms with van der Waals surface area (Å²) in [5.74, 6) is -0.148. The molecule has 1 aliphatic rings. The zero-order valence-electron chi connectivity index (χ0n) is 16.4. The molecule has 1 saturated heterocycles. The van der Waals surface area contributed by atoms with E-state index < -0.39 is 4.92 Å². The van der Waals surface area contributed by atoms with Crippen LogP contribution in [0.2, 0.25) is 0 Å². The van der Waals surface area contributed by atoms with Crippen molar-refractivity contribution in [1.82, 2.24) is 9.80 Å². The smallest absolute Gasteiger partial charge is 0.274 e. The summed E-state index contributed by atoms with van der Waals surface area (Å²) in [7, 11) is 0. The van der Waals surface area contributed by atoms with Crippen LogP contribution in [0, 0.1) is 24.0 Å². The van der Waals surface area contributed by atoms with Crippen molar-refractivity contribution < 1.29 is 9.72 Å². The minimum atomic E-state index is -0.432. The number of aryl methyl sites for hydroxylation is 2. The summed E-state index contributed by atoms with van der Waals surface area (Å²) >= 11 is 0. The van der Waals surface area contributed by atoms with Crippen molar-refractivity contribution in [2.75, 3.05) is 38.0 Å². The molecule has 0 bridgehead atoms. The summed E-state index contributed by atoms with van der Waals surface area (Å²) in [6, 6.07) is 13.3. The fraction of sp³-hybridized carbons (Fsp3) is 0.381. The van der Waals surface area contributed by atoms with E-state index in [1.54, 1.807) is 19.1 Å². The molecular weight excluding hydrogens is 356 g/mol. The fourth-order valence-electron chi connectivity index (χ4n) is 3.46. The van der Waals surface area contributed by atoms with Crippen LogP contribution in [0.4, 0.5) is 11.4 Å². The predicted molar refractivity (Wildman–Crippen MR) is 109 cm³/mol. The highest BCUT2D eigenvalue weighted by Crippen LogP contribution is 2.22. The van der Waals surface area contributed by atoms with Crippen molar-refractivity contribution in [3.05, 3.63) is 69.3 Å². The lowest BCUT2D eigenvalue weighted by Gasteiger charge is -2.34. The van der Waals surface area contributed by atoms with Crippen molar-refractivity contribution in [2.24, 2.45) is 0 Å². The standard InChI is InChI=1S/C21H26N4O3/c1-16-4-3-5-18(12-16)14-23-8-10-24(11-9-23)15-21(26)22-19-7-6-17(2)20(13-19)25(27)28/h3-7,12-13H,8-11,14-15H2,1-2H3,(H,22,26). The van der Waals surface area contributed by atoms with Gasteiger partial charge in [-0.3, -0.25) is 24.7 Å². The number of carbonyl (C=O) groups excluding carboxylic acids is 1. The Kier molecular flexibility index (Phi) is 6.38. The van der Waals surface area contributed by atoms with Crippen molar-refractivity contribution in [1.29, 1.82) is 0 Å². The Bertz CT molecular complexity index is 860. The van der Waals surface area contributed by atoms with Gasteiger partial charge in [-0.25, -0.2) is 0 Å². The van der Waals surface area contributed by atoms with Gasteiger partial charge in [0.25, 0.3) is 5.69 Å². The lowest BCUT2D eigenvalue weighted by atomic mass is 10.1. The quantitative estimate of drug-likeness (QED) is 0.614. The van der Waals surface area contributed by atoms with Gasteiger partial charge >= 0.3 is 0 Å². The third-order valence-electron chi connectivity index (χ3n) is 5.01. The topological polar surface area (TPSA) is 78.7 Å². The first kappa shape index (κ1) is 20.0. The molecule has 0 radical (unpaired) electrons. The van der Waals surface area contributed by atoms with E-state index in [9.17, 15) is 14.9 Å². The monoisotopic (exact) mass is 382 g/mol. The number of benzene rings is 2. The Hall–Kier alpha value is -2.77. The largest absolute Gasteiger partial charge is 0.325 e. The number of amides is 1. The van der Waals surface area contributed by atoms with Gasteiger partial charge in [-0.2, -0.15) is 0 Å². The molecule has 1 N–H and O–H groups in total. The fourth-order valence-corrected chi connectivity index (χ4v) is 3.46. The highest BCUT2D eigenvalue weighted by Gasteiger charge is 2.19. The number of nitro benzene ring substituents is 1. The zero-order valence-corrected chi connectivity index (χ0v) is 16.4. The van der Waals surface area contributed by atoms with E-state index in [1.807, 2.05) is 0 Å². The average molecular weight is 382 g/mol. The van der Waals surface area contributed by atoms with Crippen LogP contribution in [0.1, 0.15) is 16.7 Å². The SMILES string of the molecule is Cc1cccc(CN2CCN(CC(=O)Nc3ccc(C)c([N+](=O)[O-])c3)CC2)c1. The minimum Gasteiger partial charge on any atom is -0.325 e. The molecule has 148 valence electrons. The first-order valence-corrected chi connectivity index (χ1v) is 9.46. The number of nitro groups is 1. The van der Waals surface area contributed by atoms with Crippen molar-refractivity contribution in [3.63, 3.8) is 0 Å². The number of piperazine rings is 1. The van der Waals surface area contributed by atoms with Gasteiger partial charge in [-0.05, 0) is 25.5 Å². The van der Waals surface area contributed by atoms with E-state index in [2.05, 4.69) is 46.3 Å². The summed E-state index contributed by atoms with van der Waals surface area (Å²) in [5.41, 5.74) is 3.63. The first-order valence-electron chi connectivity index (χ1n) is 9.46. The second-order valence-electron chi connectivity index (χ2n) is 7.35. The maximum atomic E-state index is 12.3. The van der Waals surface area contributed by atoms with Crippen LogP contribution in [-0.2, 0) is 11.3 Å². The van der Waals surface area contributed by atoms with E-state index in [-0.39, 0.29) is 11.6 Å². The first-order chi connectivity index (χ1) is 13.4. The number of nitrogens with one attached hydrogen (secondary N) is 1. The van der Waals surface area contributed by atoms with E-state index >= 15 is 0 Å². The van der Waals surface area contributed by atoms with Crippen LogP contribution < -0.4 is 5.32 Å². The second kappa shape index (κ2) is 8.95. The summed E-state index contributed by atoms with van der Waals surface area (Å²) in [6.45, 7) is 8.48. The summed E-state index contributed by atoms with van der Waals surface area (Å²) < 4.78 is 0. The molecule has 3 rings (SSSR count). The molecule has 0 atom stereocenters. The lowest BCUT2D eigenvalue weighted by Crippen LogP contribution is -2.48. The number of hydrogen-bond donors (Lipinski definition) is 1. The van der Waals surface area contributed by atoms with E-state index in [1.165, 1.54) is 17.2 Å². The molecule has 1 amide bonds. The molecule has 1 heterocycles. The molecule has 0 unspecified atom stereocenters. The third-order valence-corrected chi connectivity index (χ3v) is 5.01. The molecule has 1 fully saturated rings. The Morgan fingerprint density at radius 2 is 1.79 bits per heavy atom. The zero-order chi connectivity index (χ0) is 20.1. The number of nitrogens with zero attached hydrogens (tertiary/aromatic N) is 3. The van der Waals surface area contributed by atoms with Crippen molar-refractivity contribution in [2.45, 2.75) is 20.4 Å². The maximum absolute atomic E-state index is 12.3. The van der Waals surface area contributed by atoms with Gasteiger partial charge in [0.2, 0.25) is 5.91 Å². The van der Waals surface area contributed by atoms with Gasteiger partial charge in [0.1, 0.15) is 0 Å². The molecule has 0 saturated carbocycles. The van der Waals surface area contributed by atoms with Crippen LogP contribution in [0.25, 0.3) is 0 Å². The Morgan fingerprint density at radius 1 is 1.07 bits per heavy atom. The molecule has 1 aliphatic heterocycles. The van der Waals surface area contributed by atoms with Crippen LogP contribution in [-0.4, -0.2) is 53.4 Å². The van der Waals surface area contributed by atoms with E-state index in [4.69, 9.17) is 0 Å². The minimum absolute atomic E-state index is 0.0163. The second-order valence-corrected chi connectivity index (χ2v) is 7.35. The highest BCUT2D eigenvalue weighted by molar-refractivity contribution is 5.92. The summed E-state index contributed by atoms with van der Waals surface area (Å²) in [6.07, 6.45) is 0. The van der Waals surface area contributed by atoms with Gasteiger partial charge in [0.15, 0.2) is 0 Å². The number of carbonyl (C=O) groups is 1. The molecule has 0 aliphatic carbocycles. The molecule has 7 nitrogen and oxygen atoms in total. The van der Waals surface area contributed by atoms with E-state index in [0.717, 1.165) is 32.7 Å². The number of anilines is 1. The van der Waals surface area contributed by atoms with Crippen LogP contribution in [0.3, 0.4) is 0 Å². The van der Waals surface area contributed by atoms with Gasteiger partial charge in [-0.1, -0.05) is 35.9 Å². The van der Waals surface area contributed by atoms with Crippen LogP contribution >= 0.6 is 0 Å². The predicted octanol–water partition coefficient (Wildman–Crippen LogP) is 2.97. The lowest BCUT2D eigenvalue weighted by molar-refractivity contribution is -0.385. The molecule has 2 aromatic carbocycles. The van der Waals surface area contributed by atoms with Gasteiger partial charge < -0.3 is 5.32 Å². The molecule has 2 aromatic rings. The summed E-state index contributed by atoms with van der Waals surface area (Å²) in [4.78, 5) is 27.4. The Balaban J connectivity index is 1.47. The number of rotatable bonds is 6. The summed E-state index contributed by atoms with van der Waals surface area (Å²) in [5, 5.41) is 13.8. The maximum Gasteiger partial charge on any atom is 0.274 e. The molecule has 7 heteroatoms.